The number of hydrogen-bond donors (Lipinski definition) is 1. The molecule has 0 spiro atoms. The summed E-state index contributed by atoms with van der Waals surface area (Å²) in [4.78, 5) is 26.5. The summed E-state index contributed by atoms with van der Waals surface area (Å²) in [5.41, 5.74) is 6.36. The molecule has 2 aromatic rings. The first-order valence-corrected chi connectivity index (χ1v) is 20.8. The second kappa shape index (κ2) is 10.9. The molecule has 2 aromatic heterocycles. The van der Waals surface area contributed by atoms with Crippen LogP contribution in [0.4, 0.5) is 5.82 Å². The lowest BCUT2D eigenvalue weighted by atomic mass is 9.97. The Labute approximate surface area is 254 Å². The predicted octanol–water partition coefficient (Wildman–Crippen LogP) is 6.44. The molecule has 0 aromatic carbocycles. The molecule has 0 saturated carbocycles. The number of hydrogen-bond acceptors (Lipinski definition) is 9. The van der Waals surface area contributed by atoms with E-state index in [1.807, 2.05) is 25.3 Å². The van der Waals surface area contributed by atoms with Crippen LogP contribution in [0.3, 0.4) is 0 Å². The Morgan fingerprint density at radius 1 is 1.02 bits per heavy atom. The number of rotatable bonds is 7. The zero-order valence-electron chi connectivity index (χ0n) is 26.4. The molecule has 226 valence electrons. The van der Waals surface area contributed by atoms with E-state index in [1.54, 1.807) is 6.33 Å². The van der Waals surface area contributed by atoms with Crippen molar-refractivity contribution in [3.8, 4) is 0 Å². The van der Waals surface area contributed by atoms with E-state index in [1.165, 1.54) is 6.33 Å². The number of carbonyl (C=O) groups excluding carboxylic acids is 1. The lowest BCUT2D eigenvalue weighted by molar-refractivity contribution is -0.248. The van der Waals surface area contributed by atoms with Crippen LogP contribution in [0.25, 0.3) is 11.2 Å². The van der Waals surface area contributed by atoms with Crippen LogP contribution in [0.2, 0.25) is 36.3 Å². The van der Waals surface area contributed by atoms with Crippen molar-refractivity contribution in [3.05, 3.63) is 12.7 Å². The minimum absolute atomic E-state index is 0.0486. The number of imidazole rings is 1. The highest BCUT2D eigenvalue weighted by molar-refractivity contribution is 14.1. The van der Waals surface area contributed by atoms with Gasteiger partial charge in [-0.3, -0.25) is 9.36 Å². The number of fused-ring (bicyclic) bond motifs is 1. The van der Waals surface area contributed by atoms with Crippen LogP contribution in [-0.4, -0.2) is 64.5 Å². The summed E-state index contributed by atoms with van der Waals surface area (Å²) in [6.07, 6.45) is 1.85. The second-order valence-electron chi connectivity index (χ2n) is 14.8. The van der Waals surface area contributed by atoms with Gasteiger partial charge in [0.25, 0.3) is 5.79 Å². The number of halogens is 1. The van der Waals surface area contributed by atoms with Crippen LogP contribution in [-0.2, 0) is 23.1 Å². The van der Waals surface area contributed by atoms with Gasteiger partial charge in [0, 0.05) is 0 Å². The van der Waals surface area contributed by atoms with Crippen LogP contribution in [0.15, 0.2) is 12.7 Å². The highest BCUT2D eigenvalue weighted by Gasteiger charge is 2.61. The van der Waals surface area contributed by atoms with Crippen molar-refractivity contribution >= 4 is 62.2 Å². The minimum atomic E-state index is -2.32. The molecular formula is C27H48IN5O5Si2. The fraction of sp³-hybridized carbons (Fsp3) is 0.778. The molecule has 1 aliphatic heterocycles. The third kappa shape index (κ3) is 6.43. The summed E-state index contributed by atoms with van der Waals surface area (Å²) < 4.78 is 28.4. The van der Waals surface area contributed by atoms with Gasteiger partial charge in [0.2, 0.25) is 0 Å². The van der Waals surface area contributed by atoms with Gasteiger partial charge in [-0.15, -0.1) is 0 Å². The van der Waals surface area contributed by atoms with Crippen LogP contribution in [0.5, 0.6) is 0 Å². The first kappa shape index (κ1) is 33.4. The molecule has 0 unspecified atom stereocenters. The first-order valence-electron chi connectivity index (χ1n) is 13.7. The molecule has 40 heavy (non-hydrogen) atoms. The minimum Gasteiger partial charge on any atom is -0.429 e. The van der Waals surface area contributed by atoms with Gasteiger partial charge < -0.3 is 24.1 Å². The van der Waals surface area contributed by atoms with Gasteiger partial charge in [0.15, 0.2) is 34.3 Å². The summed E-state index contributed by atoms with van der Waals surface area (Å²) in [7, 11) is -4.57. The van der Waals surface area contributed by atoms with Crippen LogP contribution < -0.4 is 5.73 Å². The number of nitrogens with two attached hydrogens (primary N) is 1. The van der Waals surface area contributed by atoms with Crippen LogP contribution in [0.1, 0.15) is 68.5 Å². The van der Waals surface area contributed by atoms with Crippen molar-refractivity contribution in [2.24, 2.45) is 5.41 Å². The summed E-state index contributed by atoms with van der Waals surface area (Å²) >= 11 is 2.32. The largest absolute Gasteiger partial charge is 0.429 e. The van der Waals surface area contributed by atoms with Crippen LogP contribution in [0, 0.1) is 5.41 Å². The van der Waals surface area contributed by atoms with E-state index in [4.69, 9.17) is 24.1 Å². The van der Waals surface area contributed by atoms with Crippen molar-refractivity contribution < 1.29 is 23.1 Å². The highest BCUT2D eigenvalue weighted by Crippen LogP contribution is 2.50. The molecule has 0 bridgehead atoms. The zero-order valence-corrected chi connectivity index (χ0v) is 30.5. The Balaban J connectivity index is 2.18. The second-order valence-corrected chi connectivity index (χ2v) is 25.7. The molecule has 1 fully saturated rings. The SMILES string of the molecule is CC(C)(C)C(=O)O[C@]1(CO[Si](C)(C)C(C)(C)C)O[C@@H](n2cnc3c(N)ncnc32)[C@H](O[Si](C)(C)C(C)(C)C)[C@@H]1I. The van der Waals surface area contributed by atoms with Crippen molar-refractivity contribution in [3.63, 3.8) is 0 Å². The highest BCUT2D eigenvalue weighted by atomic mass is 127. The zero-order chi connectivity index (χ0) is 30.7. The Bertz CT molecular complexity index is 1230. The Morgan fingerprint density at radius 3 is 2.12 bits per heavy atom. The van der Waals surface area contributed by atoms with E-state index in [0.29, 0.717) is 11.2 Å². The van der Waals surface area contributed by atoms with Crippen molar-refractivity contribution in [2.75, 3.05) is 12.3 Å². The van der Waals surface area contributed by atoms with E-state index in [2.05, 4.69) is 105 Å². The third-order valence-corrected chi connectivity index (χ3v) is 19.1. The smallest absolute Gasteiger partial charge is 0.313 e. The van der Waals surface area contributed by atoms with Gasteiger partial charge in [0.05, 0.1) is 11.7 Å². The summed E-state index contributed by atoms with van der Waals surface area (Å²) in [5, 5.41) is -0.116. The molecule has 2 N–H and O–H groups in total. The number of alkyl halides is 1. The number of aromatic nitrogens is 4. The van der Waals surface area contributed by atoms with Gasteiger partial charge >= 0.3 is 5.97 Å². The molecule has 0 radical (unpaired) electrons. The maximum atomic E-state index is 13.5. The number of ether oxygens (including phenoxy) is 2. The average Bonchev–Trinajstić information content (AvgIpc) is 3.32. The average molecular weight is 706 g/mol. The fourth-order valence-electron chi connectivity index (χ4n) is 3.67. The molecule has 4 atom stereocenters. The van der Waals surface area contributed by atoms with Gasteiger partial charge in [0.1, 0.15) is 28.5 Å². The van der Waals surface area contributed by atoms with Crippen LogP contribution >= 0.6 is 22.6 Å². The van der Waals surface area contributed by atoms with E-state index >= 15 is 0 Å². The number of carbonyl (C=O) groups is 1. The Morgan fingerprint density at radius 2 is 1.60 bits per heavy atom. The number of nitrogens with zero attached hydrogens (tertiary/aromatic N) is 4. The molecule has 0 aliphatic carbocycles. The predicted molar refractivity (Wildman–Crippen MR) is 171 cm³/mol. The summed E-state index contributed by atoms with van der Waals surface area (Å²) in [6.45, 7) is 27.4. The molecule has 13 heteroatoms. The molecule has 1 saturated heterocycles. The summed E-state index contributed by atoms with van der Waals surface area (Å²) in [5.74, 6) is -1.50. The topological polar surface area (TPSA) is 124 Å². The van der Waals surface area contributed by atoms with E-state index in [-0.39, 0.29) is 28.5 Å². The maximum Gasteiger partial charge on any atom is 0.313 e. The quantitative estimate of drug-likeness (QED) is 0.150. The number of anilines is 1. The molecule has 3 rings (SSSR count). The Kier molecular flexibility index (Phi) is 9.05. The fourth-order valence-corrected chi connectivity index (χ4v) is 7.18. The summed E-state index contributed by atoms with van der Waals surface area (Å²) in [6, 6.07) is 0. The van der Waals surface area contributed by atoms with Gasteiger partial charge in [-0.25, -0.2) is 15.0 Å². The van der Waals surface area contributed by atoms with E-state index in [9.17, 15) is 4.79 Å². The first-order chi connectivity index (χ1) is 17.9. The Hall–Kier alpha value is -1.14. The lowest BCUT2D eigenvalue weighted by Crippen LogP contribution is -2.54. The van der Waals surface area contributed by atoms with Crippen molar-refractivity contribution in [2.45, 2.75) is 121 Å². The molecule has 3 heterocycles. The standard InChI is InChI=1S/C27H48IN5O5Si2/c1-24(2,3)23(34)37-27(14-35-39(10,11)25(4,5)6)19(28)18(38-40(12,13)26(7,8)9)22(36-27)33-16-32-17-20(29)30-15-31-21(17)33/h15-16,18-19,22H,14H2,1-13H3,(H2,29,30,31)/t18-,19+,22-,27+/m1/s1. The molecule has 0 amide bonds. The molecule has 1 aliphatic rings. The number of nitrogen functional groups attached to an aromatic ring is 1. The molecule has 10 nitrogen and oxygen atoms in total. The van der Waals surface area contributed by atoms with E-state index in [0.717, 1.165) is 0 Å². The van der Waals surface area contributed by atoms with Crippen molar-refractivity contribution in [1.82, 2.24) is 19.5 Å². The normalized spacial score (nSPS) is 25.0. The van der Waals surface area contributed by atoms with Crippen molar-refractivity contribution in [1.29, 1.82) is 0 Å². The third-order valence-electron chi connectivity index (χ3n) is 8.53. The lowest BCUT2D eigenvalue weighted by Gasteiger charge is -2.42. The van der Waals surface area contributed by atoms with Gasteiger partial charge in [-0.2, -0.15) is 0 Å². The maximum absolute atomic E-state index is 13.5. The molecular weight excluding hydrogens is 657 g/mol. The number of esters is 1. The van der Waals surface area contributed by atoms with Gasteiger partial charge in [-0.1, -0.05) is 64.1 Å². The van der Waals surface area contributed by atoms with Gasteiger partial charge in [-0.05, 0) is 57.0 Å². The monoisotopic (exact) mass is 705 g/mol. The van der Waals surface area contributed by atoms with E-state index < -0.39 is 44.1 Å².